The van der Waals surface area contributed by atoms with E-state index in [0.717, 1.165) is 33.8 Å². The number of carbonyl (C=O) groups is 1. The number of thioether (sulfide) groups is 1. The van der Waals surface area contributed by atoms with E-state index in [0.29, 0.717) is 30.1 Å². The van der Waals surface area contributed by atoms with Gasteiger partial charge in [-0.2, -0.15) is 10.2 Å². The number of carbonyl (C=O) groups excluding carboxylic acids is 1. The summed E-state index contributed by atoms with van der Waals surface area (Å²) in [4.78, 5) is 16.5. The number of benzene rings is 2. The Kier molecular flexibility index (Phi) is 6.00. The van der Waals surface area contributed by atoms with E-state index in [1.54, 1.807) is 11.8 Å². The highest BCUT2D eigenvalue weighted by atomic mass is 32.2. The van der Waals surface area contributed by atoms with Crippen LogP contribution in [0.1, 0.15) is 38.2 Å². The van der Waals surface area contributed by atoms with Gasteiger partial charge in [0.25, 0.3) is 0 Å². The highest BCUT2D eigenvalue weighted by Gasteiger charge is 2.39. The average Bonchev–Trinajstić information content (AvgIpc) is 3.37. The van der Waals surface area contributed by atoms with E-state index in [1.165, 1.54) is 12.8 Å². The molecule has 2 fully saturated rings. The first-order valence-electron chi connectivity index (χ1n) is 11.0. The van der Waals surface area contributed by atoms with Gasteiger partial charge in [-0.1, -0.05) is 67.2 Å². The first kappa shape index (κ1) is 20.8. The van der Waals surface area contributed by atoms with Crippen molar-refractivity contribution in [2.75, 3.05) is 0 Å². The van der Waals surface area contributed by atoms with Crippen LogP contribution in [0.2, 0.25) is 0 Å². The van der Waals surface area contributed by atoms with Gasteiger partial charge < -0.3 is 0 Å². The second-order valence-electron chi connectivity index (χ2n) is 8.11. The third-order valence-corrected chi connectivity index (χ3v) is 6.87. The van der Waals surface area contributed by atoms with Crippen molar-refractivity contribution in [3.8, 4) is 22.5 Å². The number of aliphatic imine (C=N–C) groups is 1. The summed E-state index contributed by atoms with van der Waals surface area (Å²) in [5.41, 5.74) is 7.77. The standard InChI is InChI=1S/C23H25N7OS/c1-2-5-20(31)24-23-30(27-22(32-23)17-12-13-17)14-15-8-10-16(11-9-15)18-6-3-4-7-19(18)21-25-28-29-26-21/h3-4,6-11,17,22,27H,2,5,12-14H2,1H3,(H,25,26,28,29). The van der Waals surface area contributed by atoms with Gasteiger partial charge >= 0.3 is 0 Å². The fourth-order valence-electron chi connectivity index (χ4n) is 3.77. The molecule has 1 aromatic heterocycles. The number of amides is 1. The monoisotopic (exact) mass is 447 g/mol. The van der Waals surface area contributed by atoms with Crippen LogP contribution in [0.15, 0.2) is 53.5 Å². The molecule has 1 saturated carbocycles. The maximum absolute atomic E-state index is 12.1. The lowest BCUT2D eigenvalue weighted by Crippen LogP contribution is -2.38. The molecule has 3 aromatic rings. The minimum Gasteiger partial charge on any atom is -0.281 e. The van der Waals surface area contributed by atoms with E-state index in [4.69, 9.17) is 0 Å². The summed E-state index contributed by atoms with van der Waals surface area (Å²) >= 11 is 1.68. The minimum atomic E-state index is -0.0494. The Hall–Kier alpha value is -3.04. The predicted molar refractivity (Wildman–Crippen MR) is 125 cm³/mol. The smallest absolute Gasteiger partial charge is 0.248 e. The lowest BCUT2D eigenvalue weighted by molar-refractivity contribution is -0.117. The maximum Gasteiger partial charge on any atom is 0.248 e. The third-order valence-electron chi connectivity index (χ3n) is 5.60. The molecule has 8 nitrogen and oxygen atoms in total. The molecular formula is C23H25N7OS. The number of aromatic nitrogens is 4. The molecule has 1 aliphatic carbocycles. The van der Waals surface area contributed by atoms with Crippen LogP contribution in [0.5, 0.6) is 0 Å². The summed E-state index contributed by atoms with van der Waals surface area (Å²) in [6.07, 6.45) is 3.78. The van der Waals surface area contributed by atoms with Crippen molar-refractivity contribution < 1.29 is 4.79 Å². The summed E-state index contributed by atoms with van der Waals surface area (Å²) in [6.45, 7) is 2.66. The van der Waals surface area contributed by atoms with Gasteiger partial charge in [-0.05, 0) is 47.1 Å². The first-order valence-corrected chi connectivity index (χ1v) is 11.8. The fourth-order valence-corrected chi connectivity index (χ4v) is 5.04. The van der Waals surface area contributed by atoms with Gasteiger partial charge in [0.1, 0.15) is 0 Å². The van der Waals surface area contributed by atoms with Crippen LogP contribution >= 0.6 is 11.8 Å². The number of amidine groups is 1. The van der Waals surface area contributed by atoms with Gasteiger partial charge in [0, 0.05) is 12.0 Å². The molecule has 1 unspecified atom stereocenters. The molecular weight excluding hydrogens is 422 g/mol. The van der Waals surface area contributed by atoms with Crippen molar-refractivity contribution in [1.29, 1.82) is 0 Å². The zero-order valence-electron chi connectivity index (χ0n) is 17.9. The summed E-state index contributed by atoms with van der Waals surface area (Å²) in [5.74, 6) is 1.19. The molecule has 0 radical (unpaired) electrons. The third kappa shape index (κ3) is 4.58. The number of hydrogen-bond acceptors (Lipinski definition) is 6. The fraction of sp³-hybridized carbons (Fsp3) is 0.348. The SMILES string of the molecule is CCCC(=O)N=C1SC(C2CC2)NN1Cc1ccc(-c2ccccc2-c2nn[nH]n2)cc1. The summed E-state index contributed by atoms with van der Waals surface area (Å²) < 4.78 is 0. The Balaban J connectivity index is 1.35. The topological polar surface area (TPSA) is 99.2 Å². The molecule has 2 aromatic carbocycles. The zero-order valence-corrected chi connectivity index (χ0v) is 18.7. The molecule has 1 aliphatic heterocycles. The minimum absolute atomic E-state index is 0.0494. The molecule has 0 bridgehead atoms. The van der Waals surface area contributed by atoms with Crippen LogP contribution in [-0.4, -0.2) is 42.1 Å². The summed E-state index contributed by atoms with van der Waals surface area (Å²) in [7, 11) is 0. The van der Waals surface area contributed by atoms with Crippen molar-refractivity contribution >= 4 is 22.8 Å². The quantitative estimate of drug-likeness (QED) is 0.565. The van der Waals surface area contributed by atoms with Gasteiger partial charge in [-0.25, -0.2) is 5.43 Å². The van der Waals surface area contributed by atoms with Crippen LogP contribution in [0.25, 0.3) is 22.5 Å². The van der Waals surface area contributed by atoms with Crippen LogP contribution in [0.4, 0.5) is 0 Å². The molecule has 32 heavy (non-hydrogen) atoms. The number of H-pyrrole nitrogens is 1. The second kappa shape index (κ2) is 9.22. The molecule has 164 valence electrons. The number of aromatic amines is 1. The predicted octanol–water partition coefficient (Wildman–Crippen LogP) is 4.01. The van der Waals surface area contributed by atoms with E-state index >= 15 is 0 Å². The van der Waals surface area contributed by atoms with E-state index in [2.05, 4.69) is 61.4 Å². The van der Waals surface area contributed by atoms with Gasteiger partial charge in [-0.15, -0.1) is 10.2 Å². The molecule has 9 heteroatoms. The van der Waals surface area contributed by atoms with Gasteiger partial charge in [0.05, 0.1) is 11.9 Å². The molecule has 2 heterocycles. The van der Waals surface area contributed by atoms with E-state index in [1.807, 2.05) is 30.1 Å². The molecule has 5 rings (SSSR count). The molecule has 0 spiro atoms. The highest BCUT2D eigenvalue weighted by Crippen LogP contribution is 2.41. The number of hydrazine groups is 1. The maximum atomic E-state index is 12.1. The van der Waals surface area contributed by atoms with E-state index in [-0.39, 0.29) is 5.91 Å². The normalized spacial score (nSPS) is 19.6. The summed E-state index contributed by atoms with van der Waals surface area (Å²) in [5, 5.41) is 17.6. The molecule has 2 N–H and O–H groups in total. The number of nitrogens with zero attached hydrogens (tertiary/aromatic N) is 5. The molecule has 1 saturated heterocycles. The van der Waals surface area contributed by atoms with Crippen molar-refractivity contribution in [1.82, 2.24) is 31.1 Å². The van der Waals surface area contributed by atoms with Crippen LogP contribution in [-0.2, 0) is 11.3 Å². The second-order valence-corrected chi connectivity index (χ2v) is 9.22. The van der Waals surface area contributed by atoms with Crippen LogP contribution in [0.3, 0.4) is 0 Å². The Morgan fingerprint density at radius 2 is 1.94 bits per heavy atom. The molecule has 1 atom stereocenters. The van der Waals surface area contributed by atoms with E-state index in [9.17, 15) is 4.79 Å². The Labute approximate surface area is 190 Å². The van der Waals surface area contributed by atoms with E-state index < -0.39 is 0 Å². The van der Waals surface area contributed by atoms with Crippen molar-refractivity contribution in [2.24, 2.45) is 10.9 Å². The number of hydrogen-bond donors (Lipinski definition) is 2. The van der Waals surface area contributed by atoms with Crippen molar-refractivity contribution in [2.45, 2.75) is 44.5 Å². The lowest BCUT2D eigenvalue weighted by Gasteiger charge is -2.19. The first-order chi connectivity index (χ1) is 15.7. The number of rotatable bonds is 7. The lowest BCUT2D eigenvalue weighted by atomic mass is 9.98. The van der Waals surface area contributed by atoms with Crippen LogP contribution < -0.4 is 5.43 Å². The highest BCUT2D eigenvalue weighted by molar-refractivity contribution is 8.14. The van der Waals surface area contributed by atoms with Crippen LogP contribution in [0, 0.1) is 5.92 Å². The molecule has 1 amide bonds. The Morgan fingerprint density at radius 3 is 2.62 bits per heavy atom. The summed E-state index contributed by atoms with van der Waals surface area (Å²) in [6, 6.07) is 16.5. The average molecular weight is 448 g/mol. The van der Waals surface area contributed by atoms with Crippen molar-refractivity contribution in [3.05, 3.63) is 54.1 Å². The van der Waals surface area contributed by atoms with Gasteiger partial charge in [-0.3, -0.25) is 9.80 Å². The van der Waals surface area contributed by atoms with Crippen molar-refractivity contribution in [3.63, 3.8) is 0 Å². The largest absolute Gasteiger partial charge is 0.281 e. The number of nitrogens with one attached hydrogen (secondary N) is 2. The Bertz CT molecular complexity index is 1110. The number of tetrazole rings is 1. The van der Waals surface area contributed by atoms with Gasteiger partial charge in [0.2, 0.25) is 11.7 Å². The zero-order chi connectivity index (χ0) is 21.9. The van der Waals surface area contributed by atoms with Gasteiger partial charge in [0.15, 0.2) is 5.17 Å². The molecule has 2 aliphatic rings. The Morgan fingerprint density at radius 1 is 1.16 bits per heavy atom.